The molecule has 0 fully saturated rings. The number of carboxylic acids is 2. The van der Waals surface area contributed by atoms with Crippen molar-refractivity contribution >= 4 is 17.7 Å². The fraction of sp³-hybridized carbons (Fsp3) is 0.786. The van der Waals surface area contributed by atoms with Gasteiger partial charge >= 0.3 is 0 Å². The molecule has 2 unspecified atom stereocenters. The first-order chi connectivity index (χ1) is 9.07. The highest BCUT2D eigenvalue weighted by molar-refractivity contribution is 6.10. The maximum absolute atomic E-state index is 12.5. The van der Waals surface area contributed by atoms with Gasteiger partial charge in [0.15, 0.2) is 11.4 Å². The molecule has 2 N–H and O–H groups in total. The summed E-state index contributed by atoms with van der Waals surface area (Å²) in [5.41, 5.74) is -5.14. The van der Waals surface area contributed by atoms with Crippen LogP contribution in [-0.2, 0) is 14.4 Å². The molecule has 0 bridgehead atoms. The van der Waals surface area contributed by atoms with Crippen molar-refractivity contribution in [1.82, 2.24) is 0 Å². The van der Waals surface area contributed by atoms with Gasteiger partial charge in [-0.05, 0) is 10.8 Å². The van der Waals surface area contributed by atoms with Crippen molar-refractivity contribution in [2.24, 2.45) is 16.7 Å². The molecular weight excluding hydrogens is 280 g/mol. The second kappa shape index (κ2) is 5.73. The van der Waals surface area contributed by atoms with Gasteiger partial charge in [-0.2, -0.15) is 0 Å². The average molecular weight is 302 g/mol. The van der Waals surface area contributed by atoms with E-state index >= 15 is 0 Å². The van der Waals surface area contributed by atoms with Gasteiger partial charge in [-0.25, -0.2) is 0 Å². The first-order valence-electron chi connectivity index (χ1n) is 6.45. The monoisotopic (exact) mass is 302 g/mol. The quantitative estimate of drug-likeness (QED) is 0.552. The van der Waals surface area contributed by atoms with Gasteiger partial charge in [-0.15, -0.1) is 0 Å². The molecule has 0 aromatic carbocycles. The van der Waals surface area contributed by atoms with Crippen LogP contribution in [0.25, 0.3) is 0 Å². The molecule has 0 aliphatic rings. The highest BCUT2D eigenvalue weighted by atomic mass is 16.4. The number of rotatable bonds is 5. The zero-order valence-corrected chi connectivity index (χ0v) is 13.1. The van der Waals surface area contributed by atoms with E-state index in [1.54, 1.807) is 41.5 Å². The first-order valence-corrected chi connectivity index (χ1v) is 6.45. The Morgan fingerprint density at radius 3 is 1.43 bits per heavy atom. The summed E-state index contributed by atoms with van der Waals surface area (Å²) in [6.07, 6.45) is -2.91. The van der Waals surface area contributed by atoms with Crippen molar-refractivity contribution in [3.63, 3.8) is 0 Å². The minimum atomic E-state index is -3.57. The molecule has 0 rings (SSSR count). The molecule has 0 aromatic heterocycles. The van der Waals surface area contributed by atoms with Crippen LogP contribution in [0.1, 0.15) is 41.5 Å². The van der Waals surface area contributed by atoms with Crippen molar-refractivity contribution in [1.29, 1.82) is 0 Å². The van der Waals surface area contributed by atoms with Gasteiger partial charge in [0.1, 0.15) is 6.10 Å². The van der Waals surface area contributed by atoms with Crippen LogP contribution in [0.5, 0.6) is 0 Å². The summed E-state index contributed by atoms with van der Waals surface area (Å²) in [5.74, 6) is -7.01. The molecule has 0 aliphatic heterocycles. The maximum atomic E-state index is 12.5. The topological polar surface area (TPSA) is 138 Å². The number of Topliss-reactive ketones (excluding diaryl/α,β-unsaturated/α-hetero) is 1. The van der Waals surface area contributed by atoms with Crippen molar-refractivity contribution in [3.05, 3.63) is 0 Å². The van der Waals surface area contributed by atoms with Crippen LogP contribution in [0.15, 0.2) is 0 Å². The molecular formula is C14H22O7-2. The lowest BCUT2D eigenvalue weighted by Gasteiger charge is -2.45. The molecule has 21 heavy (non-hydrogen) atoms. The Kier molecular flexibility index (Phi) is 5.33. The number of ketones is 1. The van der Waals surface area contributed by atoms with Crippen molar-refractivity contribution in [3.8, 4) is 0 Å². The third-order valence-corrected chi connectivity index (χ3v) is 3.30. The minimum Gasteiger partial charge on any atom is -0.547 e. The Labute approximate surface area is 123 Å². The fourth-order valence-corrected chi connectivity index (χ4v) is 2.82. The van der Waals surface area contributed by atoms with Crippen molar-refractivity contribution in [2.45, 2.75) is 53.2 Å². The standard InChI is InChI=1S/C14H24O7/c1-12(2,3)7(13(4,5)6)8(15)14(21,11(19)20)9(16)10(17)18/h7,9,16,21H,1-6H3,(H,17,18)(H,19,20)/p-2. The van der Waals surface area contributed by atoms with E-state index in [1.807, 2.05) is 0 Å². The minimum absolute atomic E-state index is 0.787. The summed E-state index contributed by atoms with van der Waals surface area (Å²) in [5, 5.41) is 41.3. The lowest BCUT2D eigenvalue weighted by Crippen LogP contribution is -2.68. The van der Waals surface area contributed by atoms with E-state index in [1.165, 1.54) is 0 Å². The van der Waals surface area contributed by atoms with Crippen LogP contribution < -0.4 is 10.2 Å². The van der Waals surface area contributed by atoms with E-state index in [2.05, 4.69) is 0 Å². The second-order valence-corrected chi connectivity index (χ2v) is 7.30. The predicted octanol–water partition coefficient (Wildman–Crippen LogP) is -2.14. The van der Waals surface area contributed by atoms with Gasteiger partial charge in [-0.1, -0.05) is 41.5 Å². The van der Waals surface area contributed by atoms with Gasteiger partial charge in [0.05, 0.1) is 11.9 Å². The van der Waals surface area contributed by atoms with E-state index in [0.29, 0.717) is 0 Å². The molecule has 7 heteroatoms. The van der Waals surface area contributed by atoms with Crippen LogP contribution in [0.2, 0.25) is 0 Å². The number of aliphatic carboxylic acids is 2. The molecule has 0 amide bonds. The Hall–Kier alpha value is -1.47. The lowest BCUT2D eigenvalue weighted by atomic mass is 9.61. The van der Waals surface area contributed by atoms with Gasteiger partial charge in [-0.3, -0.25) is 4.79 Å². The number of carbonyl (C=O) groups excluding carboxylic acids is 3. The van der Waals surface area contributed by atoms with E-state index < -0.39 is 46.2 Å². The Bertz CT molecular complexity index is 427. The van der Waals surface area contributed by atoms with Crippen LogP contribution in [0.4, 0.5) is 0 Å². The summed E-state index contributed by atoms with van der Waals surface area (Å²) in [7, 11) is 0. The average Bonchev–Trinajstić information content (AvgIpc) is 2.21. The number of carboxylic acid groups (broad SMARTS) is 2. The molecule has 0 aromatic rings. The van der Waals surface area contributed by atoms with E-state index in [0.717, 1.165) is 0 Å². The third-order valence-electron chi connectivity index (χ3n) is 3.30. The number of hydrogen-bond acceptors (Lipinski definition) is 7. The number of aliphatic hydroxyl groups is 2. The predicted molar refractivity (Wildman–Crippen MR) is 68.4 cm³/mol. The zero-order valence-electron chi connectivity index (χ0n) is 13.1. The summed E-state index contributed by atoms with van der Waals surface area (Å²) < 4.78 is 0. The summed E-state index contributed by atoms with van der Waals surface area (Å²) >= 11 is 0. The van der Waals surface area contributed by atoms with E-state index in [9.17, 15) is 34.8 Å². The summed E-state index contributed by atoms with van der Waals surface area (Å²) in [6, 6.07) is 0. The molecule has 7 nitrogen and oxygen atoms in total. The molecule has 122 valence electrons. The molecule has 2 atom stereocenters. The SMILES string of the molecule is CC(C)(C)C(C(=O)C(O)(C(=O)[O-])C(O)C(=O)[O-])C(C)(C)C. The smallest absolute Gasteiger partial charge is 0.194 e. The third kappa shape index (κ3) is 3.79. The molecule has 0 saturated heterocycles. The van der Waals surface area contributed by atoms with Crippen LogP contribution in [0, 0.1) is 16.7 Å². The molecule has 0 aliphatic carbocycles. The number of carbonyl (C=O) groups is 3. The molecule has 0 saturated carbocycles. The summed E-state index contributed by atoms with van der Waals surface area (Å²) in [4.78, 5) is 34.4. The van der Waals surface area contributed by atoms with Crippen molar-refractivity contribution < 1.29 is 34.8 Å². The van der Waals surface area contributed by atoms with Crippen molar-refractivity contribution in [2.75, 3.05) is 0 Å². The van der Waals surface area contributed by atoms with Gasteiger partial charge in [0, 0.05) is 5.92 Å². The molecule has 0 radical (unpaired) electrons. The van der Waals surface area contributed by atoms with Crippen LogP contribution in [0.3, 0.4) is 0 Å². The highest BCUT2D eigenvalue weighted by Gasteiger charge is 2.53. The van der Waals surface area contributed by atoms with Gasteiger partial charge < -0.3 is 30.0 Å². The Balaban J connectivity index is 6.11. The summed E-state index contributed by atoms with van der Waals surface area (Å²) in [6.45, 7) is 9.84. The van der Waals surface area contributed by atoms with E-state index in [-0.39, 0.29) is 0 Å². The number of hydrogen-bond donors (Lipinski definition) is 2. The highest BCUT2D eigenvalue weighted by Crippen LogP contribution is 2.43. The maximum Gasteiger partial charge on any atom is 0.194 e. The fourth-order valence-electron chi connectivity index (χ4n) is 2.82. The lowest BCUT2D eigenvalue weighted by molar-refractivity contribution is -0.341. The van der Waals surface area contributed by atoms with Gasteiger partial charge in [0.2, 0.25) is 0 Å². The molecule has 0 heterocycles. The van der Waals surface area contributed by atoms with Crippen LogP contribution >= 0.6 is 0 Å². The van der Waals surface area contributed by atoms with Gasteiger partial charge in [0.25, 0.3) is 0 Å². The second-order valence-electron chi connectivity index (χ2n) is 7.30. The largest absolute Gasteiger partial charge is 0.547 e. The molecule has 0 spiro atoms. The van der Waals surface area contributed by atoms with Crippen LogP contribution in [-0.4, -0.2) is 39.6 Å². The van der Waals surface area contributed by atoms with E-state index in [4.69, 9.17) is 0 Å². The number of aliphatic hydroxyl groups excluding tert-OH is 1. The Morgan fingerprint density at radius 2 is 1.24 bits per heavy atom. The first kappa shape index (κ1) is 19.5. The Morgan fingerprint density at radius 1 is 0.905 bits per heavy atom. The normalized spacial score (nSPS) is 17.2. The zero-order chi connectivity index (χ0) is 17.4.